The first kappa shape index (κ1) is 30.0. The van der Waals surface area contributed by atoms with Gasteiger partial charge in [-0.3, -0.25) is 14.4 Å². The minimum Gasteiger partial charge on any atom is -0.478 e. The van der Waals surface area contributed by atoms with Crippen molar-refractivity contribution >= 4 is 35.3 Å². The molecule has 38 heavy (non-hydrogen) atoms. The fourth-order valence-electron chi connectivity index (χ4n) is 4.11. The van der Waals surface area contributed by atoms with Gasteiger partial charge in [-0.1, -0.05) is 50.2 Å². The first-order valence-electron chi connectivity index (χ1n) is 12.4. The number of carbonyl (C=O) groups excluding carboxylic acids is 3. The van der Waals surface area contributed by atoms with Crippen LogP contribution in [0, 0.1) is 5.92 Å². The summed E-state index contributed by atoms with van der Waals surface area (Å²) in [7, 11) is 0. The molecule has 0 saturated carbocycles. The van der Waals surface area contributed by atoms with Crippen LogP contribution in [-0.2, 0) is 32.1 Å². The number of amides is 3. The second-order valence-corrected chi connectivity index (χ2v) is 9.69. The molecule has 204 valence electrons. The average molecular weight is 526 g/mol. The highest BCUT2D eigenvalue weighted by molar-refractivity contribution is 6.36. The quantitative estimate of drug-likeness (QED) is 0.310. The molecule has 0 fully saturated rings. The van der Waals surface area contributed by atoms with Crippen molar-refractivity contribution in [3.63, 3.8) is 0 Å². The van der Waals surface area contributed by atoms with Crippen LogP contribution >= 0.6 is 0 Å². The second kappa shape index (κ2) is 13.9. The van der Waals surface area contributed by atoms with E-state index in [0.29, 0.717) is 18.5 Å². The zero-order chi connectivity index (χ0) is 28.4. The molecule has 0 heterocycles. The number of carboxylic acid groups (broad SMARTS) is 2. The van der Waals surface area contributed by atoms with Gasteiger partial charge in [0.05, 0.1) is 11.3 Å². The summed E-state index contributed by atoms with van der Waals surface area (Å²) in [6, 6.07) is 12.7. The molecule has 0 radical (unpaired) electrons. The number of hydrogen-bond acceptors (Lipinski definition) is 5. The van der Waals surface area contributed by atoms with Crippen LogP contribution in [0.2, 0.25) is 0 Å². The lowest BCUT2D eigenvalue weighted by Crippen LogP contribution is -2.53. The van der Waals surface area contributed by atoms with Crippen molar-refractivity contribution in [1.29, 1.82) is 0 Å². The van der Waals surface area contributed by atoms with Gasteiger partial charge in [0.2, 0.25) is 11.8 Å². The summed E-state index contributed by atoms with van der Waals surface area (Å²) < 4.78 is 0. The number of aromatic carboxylic acids is 1. The molecule has 0 aliphatic carbocycles. The lowest BCUT2D eigenvalue weighted by molar-refractivity contribution is -0.147. The van der Waals surface area contributed by atoms with Gasteiger partial charge in [-0.25, -0.2) is 9.59 Å². The number of aliphatic carboxylic acids is 1. The Balaban J connectivity index is 2.18. The van der Waals surface area contributed by atoms with Gasteiger partial charge in [-0.2, -0.15) is 0 Å². The van der Waals surface area contributed by atoms with Crippen LogP contribution in [0.4, 0.5) is 5.69 Å². The van der Waals surface area contributed by atoms with Gasteiger partial charge in [-0.15, -0.1) is 0 Å². The van der Waals surface area contributed by atoms with Gasteiger partial charge in [-0.05, 0) is 55.9 Å². The van der Waals surface area contributed by atoms with Gasteiger partial charge in [0, 0.05) is 19.0 Å². The molecule has 2 rings (SSSR count). The van der Waals surface area contributed by atoms with Gasteiger partial charge in [0.15, 0.2) is 0 Å². The molecular weight excluding hydrogens is 490 g/mol. The van der Waals surface area contributed by atoms with Crippen LogP contribution in [0.3, 0.4) is 0 Å². The Hall–Kier alpha value is -4.21. The van der Waals surface area contributed by atoms with Crippen molar-refractivity contribution in [3.05, 3.63) is 65.2 Å². The van der Waals surface area contributed by atoms with Gasteiger partial charge < -0.3 is 25.7 Å². The number of benzene rings is 2. The molecule has 0 saturated heterocycles. The molecule has 0 spiro atoms. The lowest BCUT2D eigenvalue weighted by Gasteiger charge is -2.35. The Labute approximate surface area is 222 Å². The Bertz CT molecular complexity index is 1160. The maximum atomic E-state index is 13.4. The van der Waals surface area contributed by atoms with Crippen molar-refractivity contribution in [3.8, 4) is 0 Å². The Morgan fingerprint density at radius 2 is 1.55 bits per heavy atom. The van der Waals surface area contributed by atoms with E-state index >= 15 is 0 Å². The number of nitrogens with zero attached hydrogens (tertiary/aromatic N) is 1. The topological polar surface area (TPSA) is 153 Å². The number of rotatable bonds is 12. The molecule has 3 amide bonds. The monoisotopic (exact) mass is 525 g/mol. The summed E-state index contributed by atoms with van der Waals surface area (Å²) in [6.07, 6.45) is 0.694. The van der Waals surface area contributed by atoms with E-state index < -0.39 is 23.9 Å². The number of anilines is 1. The number of carbonyl (C=O) groups is 5. The van der Waals surface area contributed by atoms with E-state index in [9.17, 15) is 29.1 Å². The summed E-state index contributed by atoms with van der Waals surface area (Å²) in [5.41, 5.74) is 1.02. The van der Waals surface area contributed by atoms with E-state index in [1.807, 2.05) is 63.3 Å². The van der Waals surface area contributed by atoms with Crippen molar-refractivity contribution in [2.24, 2.45) is 5.92 Å². The Kier molecular flexibility index (Phi) is 11.0. The molecule has 0 aromatic heterocycles. The summed E-state index contributed by atoms with van der Waals surface area (Å²) in [5.74, 6) is -4.78. The highest BCUT2D eigenvalue weighted by Crippen LogP contribution is 2.21. The molecule has 2 aromatic rings. The standard InChI is InChI=1S/C28H35N3O7/c1-17(2)14-23(25(33)29-16-20-8-6-5-7-9-20)31(18(3)4)24(32)13-11-19-10-12-22(21(15-19)27(35)36)30-26(34)28(37)38/h5-10,12,15,17-18,23H,11,13-14,16H2,1-4H3,(H,29,33)(H,30,34)(H,35,36)(H,37,38). The molecule has 1 atom stereocenters. The Morgan fingerprint density at radius 3 is 2.11 bits per heavy atom. The smallest absolute Gasteiger partial charge is 0.394 e. The first-order valence-corrected chi connectivity index (χ1v) is 12.4. The largest absolute Gasteiger partial charge is 0.478 e. The normalized spacial score (nSPS) is 11.6. The zero-order valence-corrected chi connectivity index (χ0v) is 22.1. The molecule has 10 nitrogen and oxygen atoms in total. The highest BCUT2D eigenvalue weighted by Gasteiger charge is 2.32. The molecular formula is C28H35N3O7. The fourth-order valence-corrected chi connectivity index (χ4v) is 4.11. The van der Waals surface area contributed by atoms with Gasteiger partial charge in [0.25, 0.3) is 0 Å². The Morgan fingerprint density at radius 1 is 0.895 bits per heavy atom. The molecule has 1 unspecified atom stereocenters. The van der Waals surface area contributed by atoms with E-state index in [1.165, 1.54) is 18.2 Å². The second-order valence-electron chi connectivity index (χ2n) is 9.69. The van der Waals surface area contributed by atoms with Crippen LogP contribution in [0.15, 0.2) is 48.5 Å². The zero-order valence-electron chi connectivity index (χ0n) is 22.1. The molecule has 4 N–H and O–H groups in total. The predicted molar refractivity (Wildman–Crippen MR) is 142 cm³/mol. The van der Waals surface area contributed by atoms with E-state index in [-0.39, 0.29) is 47.9 Å². The summed E-state index contributed by atoms with van der Waals surface area (Å²) in [4.78, 5) is 62.1. The van der Waals surface area contributed by atoms with Gasteiger partial charge in [0.1, 0.15) is 6.04 Å². The summed E-state index contributed by atoms with van der Waals surface area (Å²) in [5, 5.41) is 23.3. The molecule has 0 aliphatic heterocycles. The number of nitrogens with one attached hydrogen (secondary N) is 2. The minimum absolute atomic E-state index is 0.0264. The van der Waals surface area contributed by atoms with Crippen LogP contribution in [0.25, 0.3) is 0 Å². The van der Waals surface area contributed by atoms with Crippen molar-refractivity contribution in [2.45, 2.75) is 65.6 Å². The molecule has 2 aromatic carbocycles. The summed E-state index contributed by atoms with van der Waals surface area (Å²) >= 11 is 0. The average Bonchev–Trinajstić information content (AvgIpc) is 2.86. The SMILES string of the molecule is CC(C)CC(C(=O)NCc1ccccc1)N(C(=O)CCc1ccc(NC(=O)C(=O)O)c(C(=O)O)c1)C(C)C. The van der Waals surface area contributed by atoms with Crippen molar-refractivity contribution in [1.82, 2.24) is 10.2 Å². The van der Waals surface area contributed by atoms with Crippen LogP contribution in [0.1, 0.15) is 62.0 Å². The van der Waals surface area contributed by atoms with Crippen molar-refractivity contribution in [2.75, 3.05) is 5.32 Å². The number of hydrogen-bond donors (Lipinski definition) is 4. The van der Waals surface area contributed by atoms with Crippen molar-refractivity contribution < 1.29 is 34.2 Å². The maximum Gasteiger partial charge on any atom is 0.394 e. The molecule has 10 heteroatoms. The van der Waals surface area contributed by atoms with E-state index in [0.717, 1.165) is 5.56 Å². The lowest BCUT2D eigenvalue weighted by atomic mass is 9.98. The highest BCUT2D eigenvalue weighted by atomic mass is 16.4. The maximum absolute atomic E-state index is 13.4. The molecule has 0 aliphatic rings. The van der Waals surface area contributed by atoms with E-state index in [1.54, 1.807) is 4.90 Å². The third kappa shape index (κ3) is 8.72. The summed E-state index contributed by atoms with van der Waals surface area (Å²) in [6.45, 7) is 8.00. The van der Waals surface area contributed by atoms with Crippen LogP contribution < -0.4 is 10.6 Å². The fraction of sp³-hybridized carbons (Fsp3) is 0.393. The predicted octanol–water partition coefficient (Wildman–Crippen LogP) is 3.31. The van der Waals surface area contributed by atoms with Crippen LogP contribution in [-0.4, -0.2) is 56.9 Å². The minimum atomic E-state index is -1.74. The van der Waals surface area contributed by atoms with E-state index in [4.69, 9.17) is 5.11 Å². The van der Waals surface area contributed by atoms with Gasteiger partial charge >= 0.3 is 17.8 Å². The third-order valence-electron chi connectivity index (χ3n) is 5.87. The van der Waals surface area contributed by atoms with Crippen LogP contribution in [0.5, 0.6) is 0 Å². The third-order valence-corrected chi connectivity index (χ3v) is 5.87. The molecule has 0 bridgehead atoms. The number of carboxylic acids is 2. The first-order chi connectivity index (χ1) is 17.9. The van der Waals surface area contributed by atoms with E-state index in [2.05, 4.69) is 5.32 Å². The number of aryl methyl sites for hydroxylation is 1.